The Morgan fingerprint density at radius 1 is 0.929 bits per heavy atom. The minimum atomic E-state index is -3.92. The predicted molar refractivity (Wildman–Crippen MR) is 107 cm³/mol. The Hall–Kier alpha value is -3.19. The molecule has 0 radical (unpaired) electrons. The van der Waals surface area contributed by atoms with Crippen LogP contribution in [0.3, 0.4) is 0 Å². The highest BCUT2D eigenvalue weighted by Gasteiger charge is 2.17. The van der Waals surface area contributed by atoms with Crippen LogP contribution in [0.25, 0.3) is 0 Å². The molecule has 0 unspecified atom stereocenters. The second-order valence-electron chi connectivity index (χ2n) is 6.15. The number of hydrogen-bond acceptors (Lipinski definition) is 3. The average molecular weight is 398 g/mol. The van der Waals surface area contributed by atoms with Crippen LogP contribution in [0.5, 0.6) is 0 Å². The molecule has 0 spiro atoms. The summed E-state index contributed by atoms with van der Waals surface area (Å²) in [7, 11) is -3.92. The van der Waals surface area contributed by atoms with E-state index >= 15 is 0 Å². The van der Waals surface area contributed by atoms with Gasteiger partial charge in [0.2, 0.25) is 0 Å². The number of halogens is 1. The molecule has 0 aliphatic carbocycles. The summed E-state index contributed by atoms with van der Waals surface area (Å²) in [6, 6.07) is 18.1. The first-order valence-electron chi connectivity index (χ1n) is 8.66. The van der Waals surface area contributed by atoms with Gasteiger partial charge in [0.1, 0.15) is 5.82 Å². The predicted octanol–water partition coefficient (Wildman–Crippen LogP) is 4.44. The zero-order valence-electron chi connectivity index (χ0n) is 15.1. The molecule has 3 aromatic carbocycles. The first kappa shape index (κ1) is 19.6. The molecule has 1 amide bonds. The third kappa shape index (κ3) is 4.75. The van der Waals surface area contributed by atoms with Crippen molar-refractivity contribution in [2.75, 3.05) is 10.0 Å². The van der Waals surface area contributed by atoms with Gasteiger partial charge in [0.05, 0.1) is 4.90 Å². The van der Waals surface area contributed by atoms with Crippen molar-refractivity contribution in [2.45, 2.75) is 18.2 Å². The molecule has 7 heteroatoms. The van der Waals surface area contributed by atoms with E-state index in [9.17, 15) is 17.6 Å². The normalized spacial score (nSPS) is 11.1. The fraction of sp³-hybridized carbons (Fsp3) is 0.0952. The van der Waals surface area contributed by atoms with Crippen LogP contribution in [0.1, 0.15) is 22.8 Å². The molecule has 3 aromatic rings. The third-order valence-electron chi connectivity index (χ3n) is 4.10. The number of rotatable bonds is 6. The van der Waals surface area contributed by atoms with Crippen LogP contribution in [0.2, 0.25) is 0 Å². The Morgan fingerprint density at radius 3 is 2.36 bits per heavy atom. The summed E-state index contributed by atoms with van der Waals surface area (Å²) >= 11 is 0. The number of nitrogens with one attached hydrogen (secondary N) is 2. The minimum Gasteiger partial charge on any atom is -0.322 e. The van der Waals surface area contributed by atoms with Crippen molar-refractivity contribution in [3.05, 3.63) is 89.7 Å². The Balaban J connectivity index is 1.80. The maximum Gasteiger partial charge on any atom is 0.261 e. The summed E-state index contributed by atoms with van der Waals surface area (Å²) < 4.78 is 40.5. The number of carbonyl (C=O) groups excluding carboxylic acids is 1. The van der Waals surface area contributed by atoms with E-state index in [0.717, 1.165) is 24.1 Å². The number of anilines is 2. The summed E-state index contributed by atoms with van der Waals surface area (Å²) in [4.78, 5) is 12.5. The number of benzene rings is 3. The van der Waals surface area contributed by atoms with Gasteiger partial charge in [-0.3, -0.25) is 9.52 Å². The molecule has 0 atom stereocenters. The summed E-state index contributed by atoms with van der Waals surface area (Å²) in [6.07, 6.45) is 0.840. The first-order valence-corrected chi connectivity index (χ1v) is 10.1. The lowest BCUT2D eigenvalue weighted by atomic mass is 10.1. The topological polar surface area (TPSA) is 75.3 Å². The van der Waals surface area contributed by atoms with Gasteiger partial charge >= 0.3 is 0 Å². The molecule has 28 heavy (non-hydrogen) atoms. The van der Waals surface area contributed by atoms with Crippen molar-refractivity contribution in [3.63, 3.8) is 0 Å². The summed E-state index contributed by atoms with van der Waals surface area (Å²) in [5.74, 6) is -0.874. The number of sulfonamides is 1. The molecule has 5 nitrogen and oxygen atoms in total. The highest BCUT2D eigenvalue weighted by Crippen LogP contribution is 2.19. The first-order chi connectivity index (χ1) is 13.4. The molecule has 144 valence electrons. The second kappa shape index (κ2) is 8.22. The average Bonchev–Trinajstić information content (AvgIpc) is 2.70. The number of hydrogen-bond donors (Lipinski definition) is 2. The molecule has 0 aromatic heterocycles. The van der Waals surface area contributed by atoms with E-state index < -0.39 is 21.7 Å². The van der Waals surface area contributed by atoms with Crippen molar-refractivity contribution >= 4 is 27.3 Å². The van der Waals surface area contributed by atoms with Gasteiger partial charge < -0.3 is 5.32 Å². The van der Waals surface area contributed by atoms with Crippen LogP contribution in [-0.4, -0.2) is 14.3 Å². The fourth-order valence-corrected chi connectivity index (χ4v) is 3.71. The van der Waals surface area contributed by atoms with E-state index in [4.69, 9.17) is 0 Å². The van der Waals surface area contributed by atoms with Gasteiger partial charge in [0, 0.05) is 16.9 Å². The lowest BCUT2D eigenvalue weighted by Crippen LogP contribution is -2.16. The highest BCUT2D eigenvalue weighted by atomic mass is 32.2. The van der Waals surface area contributed by atoms with E-state index in [-0.39, 0.29) is 16.1 Å². The molecule has 3 rings (SSSR count). The number of aryl methyl sites for hydroxylation is 1. The molecule has 0 fully saturated rings. The molecular weight excluding hydrogens is 379 g/mol. The van der Waals surface area contributed by atoms with Gasteiger partial charge in [-0.1, -0.05) is 25.1 Å². The van der Waals surface area contributed by atoms with Crippen LogP contribution < -0.4 is 10.0 Å². The SMILES string of the molecule is CCc1cccc(NC(=O)c2cccc(S(=O)(=O)Nc3ccc(F)cc3)c2)c1. The van der Waals surface area contributed by atoms with Crippen molar-refractivity contribution < 1.29 is 17.6 Å². The van der Waals surface area contributed by atoms with Crippen LogP contribution in [0.15, 0.2) is 77.7 Å². The molecule has 0 saturated carbocycles. The molecule has 0 aliphatic rings. The van der Waals surface area contributed by atoms with Crippen LogP contribution in [0, 0.1) is 5.82 Å². The van der Waals surface area contributed by atoms with Gasteiger partial charge in [0.25, 0.3) is 15.9 Å². The van der Waals surface area contributed by atoms with E-state index in [1.54, 1.807) is 6.07 Å². The number of amides is 1. The number of carbonyl (C=O) groups is 1. The standard InChI is InChI=1S/C21H19FN2O3S/c1-2-15-5-3-7-19(13-15)23-21(25)16-6-4-8-20(14-16)28(26,27)24-18-11-9-17(22)10-12-18/h3-14,24H,2H2,1H3,(H,23,25). The van der Waals surface area contributed by atoms with Gasteiger partial charge in [-0.15, -0.1) is 0 Å². The third-order valence-corrected chi connectivity index (χ3v) is 5.48. The van der Waals surface area contributed by atoms with Crippen LogP contribution in [0.4, 0.5) is 15.8 Å². The van der Waals surface area contributed by atoms with Gasteiger partial charge in [0.15, 0.2) is 0 Å². The lowest BCUT2D eigenvalue weighted by Gasteiger charge is -2.10. The molecule has 0 aliphatic heterocycles. The smallest absolute Gasteiger partial charge is 0.261 e. The largest absolute Gasteiger partial charge is 0.322 e. The molecular formula is C21H19FN2O3S. The Morgan fingerprint density at radius 2 is 1.64 bits per heavy atom. The molecule has 0 saturated heterocycles. The van der Waals surface area contributed by atoms with Crippen molar-refractivity contribution in [2.24, 2.45) is 0 Å². The Kier molecular flexibility index (Phi) is 5.75. The van der Waals surface area contributed by atoms with Gasteiger partial charge in [-0.05, 0) is 66.6 Å². The maximum absolute atomic E-state index is 13.0. The van der Waals surface area contributed by atoms with Gasteiger partial charge in [-0.2, -0.15) is 0 Å². The van der Waals surface area contributed by atoms with Crippen LogP contribution >= 0.6 is 0 Å². The van der Waals surface area contributed by atoms with Crippen LogP contribution in [-0.2, 0) is 16.4 Å². The summed E-state index contributed by atoms with van der Waals surface area (Å²) in [5, 5.41) is 2.77. The van der Waals surface area contributed by atoms with E-state index in [2.05, 4.69) is 10.0 Å². The van der Waals surface area contributed by atoms with Crippen molar-refractivity contribution in [1.82, 2.24) is 0 Å². The highest BCUT2D eigenvalue weighted by molar-refractivity contribution is 7.92. The van der Waals surface area contributed by atoms with Crippen molar-refractivity contribution in [1.29, 1.82) is 0 Å². The molecule has 0 bridgehead atoms. The zero-order chi connectivity index (χ0) is 20.1. The summed E-state index contributed by atoms with van der Waals surface area (Å²) in [5.41, 5.74) is 2.16. The summed E-state index contributed by atoms with van der Waals surface area (Å²) in [6.45, 7) is 2.02. The maximum atomic E-state index is 13.0. The lowest BCUT2D eigenvalue weighted by molar-refractivity contribution is 0.102. The minimum absolute atomic E-state index is 0.0632. The Bertz CT molecular complexity index is 1100. The van der Waals surface area contributed by atoms with E-state index in [1.165, 1.54) is 36.4 Å². The second-order valence-corrected chi connectivity index (χ2v) is 7.83. The fourth-order valence-electron chi connectivity index (χ4n) is 2.61. The van der Waals surface area contributed by atoms with E-state index in [1.807, 2.05) is 25.1 Å². The Labute approximate surface area is 163 Å². The quantitative estimate of drug-likeness (QED) is 0.645. The van der Waals surface area contributed by atoms with E-state index in [0.29, 0.717) is 5.69 Å². The molecule has 2 N–H and O–H groups in total. The molecule has 0 heterocycles. The monoisotopic (exact) mass is 398 g/mol. The van der Waals surface area contributed by atoms with Crippen molar-refractivity contribution in [3.8, 4) is 0 Å². The van der Waals surface area contributed by atoms with Gasteiger partial charge in [-0.25, -0.2) is 12.8 Å². The zero-order valence-corrected chi connectivity index (χ0v) is 16.0.